The second kappa shape index (κ2) is 5.57. The SMILES string of the molecule is O=C(O)C(CC1CCC2(CCCC2)O1)c1ccccc1. The molecule has 20 heavy (non-hydrogen) atoms. The van der Waals surface area contributed by atoms with Gasteiger partial charge < -0.3 is 9.84 Å². The number of carbonyl (C=O) groups is 1. The van der Waals surface area contributed by atoms with Crippen molar-refractivity contribution in [2.45, 2.75) is 62.6 Å². The Morgan fingerprint density at radius 3 is 2.60 bits per heavy atom. The highest BCUT2D eigenvalue weighted by molar-refractivity contribution is 5.76. The zero-order chi connectivity index (χ0) is 14.0. The molecule has 108 valence electrons. The highest BCUT2D eigenvalue weighted by Gasteiger charge is 2.43. The summed E-state index contributed by atoms with van der Waals surface area (Å²) in [6, 6.07) is 9.53. The molecule has 1 saturated heterocycles. The van der Waals surface area contributed by atoms with Crippen molar-refractivity contribution in [1.29, 1.82) is 0 Å². The fraction of sp³-hybridized carbons (Fsp3) is 0.588. The van der Waals surface area contributed by atoms with E-state index in [1.807, 2.05) is 30.3 Å². The van der Waals surface area contributed by atoms with Gasteiger partial charge in [-0.25, -0.2) is 0 Å². The van der Waals surface area contributed by atoms with E-state index in [-0.39, 0.29) is 11.7 Å². The van der Waals surface area contributed by atoms with Gasteiger partial charge in [0.15, 0.2) is 0 Å². The predicted molar refractivity (Wildman–Crippen MR) is 76.7 cm³/mol. The summed E-state index contributed by atoms with van der Waals surface area (Å²) in [5.74, 6) is -1.19. The Labute approximate surface area is 120 Å². The Bertz CT molecular complexity index is 462. The van der Waals surface area contributed by atoms with E-state index in [1.165, 1.54) is 12.8 Å². The van der Waals surface area contributed by atoms with Gasteiger partial charge in [-0.3, -0.25) is 4.79 Å². The summed E-state index contributed by atoms with van der Waals surface area (Å²) in [7, 11) is 0. The summed E-state index contributed by atoms with van der Waals surface area (Å²) in [5.41, 5.74) is 0.973. The maximum atomic E-state index is 11.5. The van der Waals surface area contributed by atoms with Crippen molar-refractivity contribution >= 4 is 5.97 Å². The van der Waals surface area contributed by atoms with E-state index >= 15 is 0 Å². The first-order valence-electron chi connectivity index (χ1n) is 7.64. The van der Waals surface area contributed by atoms with Crippen molar-refractivity contribution in [2.75, 3.05) is 0 Å². The molecule has 0 bridgehead atoms. The zero-order valence-corrected chi connectivity index (χ0v) is 11.8. The van der Waals surface area contributed by atoms with E-state index in [1.54, 1.807) is 0 Å². The summed E-state index contributed by atoms with van der Waals surface area (Å²) >= 11 is 0. The molecule has 1 aliphatic carbocycles. The lowest BCUT2D eigenvalue weighted by Gasteiger charge is -2.25. The van der Waals surface area contributed by atoms with Gasteiger partial charge in [0.05, 0.1) is 17.6 Å². The van der Waals surface area contributed by atoms with Crippen LogP contribution in [0.5, 0.6) is 0 Å². The first-order chi connectivity index (χ1) is 9.69. The van der Waals surface area contributed by atoms with Gasteiger partial charge in [-0.1, -0.05) is 43.2 Å². The average molecular weight is 274 g/mol. The monoisotopic (exact) mass is 274 g/mol. The number of benzene rings is 1. The van der Waals surface area contributed by atoms with Crippen LogP contribution in [0.3, 0.4) is 0 Å². The fourth-order valence-corrected chi connectivity index (χ4v) is 3.78. The lowest BCUT2D eigenvalue weighted by molar-refractivity contribution is -0.140. The largest absolute Gasteiger partial charge is 0.481 e. The van der Waals surface area contributed by atoms with Crippen LogP contribution in [0.25, 0.3) is 0 Å². The molecular formula is C17H22O3. The molecule has 3 rings (SSSR count). The van der Waals surface area contributed by atoms with Crippen LogP contribution >= 0.6 is 0 Å². The Hall–Kier alpha value is -1.35. The van der Waals surface area contributed by atoms with Crippen LogP contribution in [0.1, 0.15) is 56.4 Å². The summed E-state index contributed by atoms with van der Waals surface area (Å²) in [6.45, 7) is 0. The van der Waals surface area contributed by atoms with Gasteiger partial charge in [-0.2, -0.15) is 0 Å². The van der Waals surface area contributed by atoms with Crippen LogP contribution in [0, 0.1) is 0 Å². The number of carboxylic acid groups (broad SMARTS) is 1. The van der Waals surface area contributed by atoms with Crippen LogP contribution in [0.15, 0.2) is 30.3 Å². The zero-order valence-electron chi connectivity index (χ0n) is 11.8. The molecule has 1 saturated carbocycles. The normalized spacial score (nSPS) is 25.9. The Morgan fingerprint density at radius 1 is 1.25 bits per heavy atom. The van der Waals surface area contributed by atoms with Crippen molar-refractivity contribution in [3.63, 3.8) is 0 Å². The van der Waals surface area contributed by atoms with Crippen LogP contribution in [-0.4, -0.2) is 22.8 Å². The van der Waals surface area contributed by atoms with Gasteiger partial charge in [-0.15, -0.1) is 0 Å². The smallest absolute Gasteiger partial charge is 0.311 e. The van der Waals surface area contributed by atoms with Gasteiger partial charge in [-0.05, 0) is 37.7 Å². The van der Waals surface area contributed by atoms with Crippen molar-refractivity contribution in [2.24, 2.45) is 0 Å². The Morgan fingerprint density at radius 2 is 1.95 bits per heavy atom. The molecule has 0 aromatic heterocycles. The molecule has 1 aromatic rings. The van der Waals surface area contributed by atoms with E-state index in [2.05, 4.69) is 0 Å². The molecule has 2 aliphatic rings. The fourth-order valence-electron chi connectivity index (χ4n) is 3.78. The molecule has 1 N–H and O–H groups in total. The quantitative estimate of drug-likeness (QED) is 0.909. The minimum absolute atomic E-state index is 0.0877. The maximum Gasteiger partial charge on any atom is 0.311 e. The summed E-state index contributed by atoms with van der Waals surface area (Å²) in [6.07, 6.45) is 7.66. The van der Waals surface area contributed by atoms with Gasteiger partial charge in [0, 0.05) is 0 Å². The molecule has 2 atom stereocenters. The van der Waals surface area contributed by atoms with Crippen LogP contribution < -0.4 is 0 Å². The van der Waals surface area contributed by atoms with Crippen LogP contribution in [0.2, 0.25) is 0 Å². The molecule has 1 spiro atoms. The van der Waals surface area contributed by atoms with E-state index in [0.717, 1.165) is 31.2 Å². The average Bonchev–Trinajstić information content (AvgIpc) is 3.07. The van der Waals surface area contributed by atoms with E-state index in [9.17, 15) is 9.90 Å². The molecule has 3 nitrogen and oxygen atoms in total. The number of ether oxygens (including phenoxy) is 1. The lowest BCUT2D eigenvalue weighted by Crippen LogP contribution is -2.26. The van der Waals surface area contributed by atoms with Crippen molar-refractivity contribution in [1.82, 2.24) is 0 Å². The van der Waals surface area contributed by atoms with Crippen molar-refractivity contribution < 1.29 is 14.6 Å². The van der Waals surface area contributed by atoms with Crippen LogP contribution in [0.4, 0.5) is 0 Å². The summed E-state index contributed by atoms with van der Waals surface area (Å²) < 4.78 is 6.25. The molecule has 1 aliphatic heterocycles. The maximum absolute atomic E-state index is 11.5. The van der Waals surface area contributed by atoms with Crippen molar-refractivity contribution in [3.05, 3.63) is 35.9 Å². The number of hydrogen-bond acceptors (Lipinski definition) is 2. The third-order valence-corrected chi connectivity index (χ3v) is 4.85. The summed E-state index contributed by atoms with van der Waals surface area (Å²) in [4.78, 5) is 11.5. The topological polar surface area (TPSA) is 46.5 Å². The number of rotatable bonds is 4. The second-order valence-corrected chi connectivity index (χ2v) is 6.21. The third-order valence-electron chi connectivity index (χ3n) is 4.85. The molecule has 0 amide bonds. The van der Waals surface area contributed by atoms with Crippen LogP contribution in [-0.2, 0) is 9.53 Å². The standard InChI is InChI=1S/C17H22O3/c18-16(19)15(13-6-2-1-3-7-13)12-14-8-11-17(20-14)9-4-5-10-17/h1-3,6-7,14-15H,4-5,8-12H2,(H,18,19). The second-order valence-electron chi connectivity index (χ2n) is 6.21. The first-order valence-corrected chi connectivity index (χ1v) is 7.64. The van der Waals surface area contributed by atoms with Crippen molar-refractivity contribution in [3.8, 4) is 0 Å². The van der Waals surface area contributed by atoms with Gasteiger partial charge in [0.1, 0.15) is 0 Å². The molecule has 0 radical (unpaired) electrons. The number of carboxylic acids is 1. The molecule has 1 heterocycles. The van der Waals surface area contributed by atoms with Gasteiger partial charge in [0.2, 0.25) is 0 Å². The minimum atomic E-state index is -0.743. The lowest BCUT2D eigenvalue weighted by atomic mass is 9.91. The third kappa shape index (κ3) is 2.73. The van der Waals surface area contributed by atoms with E-state index < -0.39 is 11.9 Å². The molecule has 2 unspecified atom stereocenters. The summed E-state index contributed by atoms with van der Waals surface area (Å²) in [5, 5.41) is 9.49. The Balaban J connectivity index is 1.68. The minimum Gasteiger partial charge on any atom is -0.481 e. The molecule has 2 fully saturated rings. The molecule has 3 heteroatoms. The molecular weight excluding hydrogens is 252 g/mol. The number of hydrogen-bond donors (Lipinski definition) is 1. The highest BCUT2D eigenvalue weighted by atomic mass is 16.5. The van der Waals surface area contributed by atoms with E-state index in [4.69, 9.17) is 4.74 Å². The predicted octanol–water partition coefficient (Wildman–Crippen LogP) is 3.74. The molecule has 1 aromatic carbocycles. The van der Waals surface area contributed by atoms with Gasteiger partial charge >= 0.3 is 5.97 Å². The van der Waals surface area contributed by atoms with E-state index in [0.29, 0.717) is 6.42 Å². The van der Waals surface area contributed by atoms with Gasteiger partial charge in [0.25, 0.3) is 0 Å². The first kappa shape index (κ1) is 13.6. The highest BCUT2D eigenvalue weighted by Crippen LogP contribution is 2.45. The number of aliphatic carboxylic acids is 1. The Kier molecular flexibility index (Phi) is 3.79.